The molecule has 1 rings (SSSR count). The summed E-state index contributed by atoms with van der Waals surface area (Å²) in [5.74, 6) is -0.239. The molecule has 14 heavy (non-hydrogen) atoms. The minimum absolute atomic E-state index is 0.239. The smallest absolute Gasteiger partial charge is 0.218 e. The number of primary amides is 1. The second kappa shape index (κ2) is 5.05. The summed E-state index contributed by atoms with van der Waals surface area (Å²) in [6.45, 7) is 4.07. The molecule has 2 N–H and O–H groups in total. The molecule has 0 aliphatic carbocycles. The van der Waals surface area contributed by atoms with Crippen LogP contribution in [0.3, 0.4) is 0 Å². The van der Waals surface area contributed by atoms with Crippen molar-refractivity contribution in [3.05, 3.63) is 29.8 Å². The van der Waals surface area contributed by atoms with Crippen molar-refractivity contribution in [2.24, 2.45) is 5.73 Å². The summed E-state index contributed by atoms with van der Waals surface area (Å²) in [5.41, 5.74) is 6.37. The number of rotatable bonds is 4. The maximum absolute atomic E-state index is 10.7. The van der Waals surface area contributed by atoms with E-state index >= 15 is 0 Å². The van der Waals surface area contributed by atoms with E-state index in [1.165, 1.54) is 10.5 Å². The lowest BCUT2D eigenvalue weighted by atomic mass is 10.2. The van der Waals surface area contributed by atoms with Gasteiger partial charge in [0.15, 0.2) is 0 Å². The first-order valence-corrected chi connectivity index (χ1v) is 5.47. The number of hydrogen-bond donors (Lipinski definition) is 1. The van der Waals surface area contributed by atoms with Crippen LogP contribution in [-0.4, -0.2) is 11.2 Å². The van der Waals surface area contributed by atoms with Crippen LogP contribution in [0.2, 0.25) is 0 Å². The fourth-order valence-corrected chi connectivity index (χ4v) is 2.18. The number of carbonyl (C=O) groups excluding carboxylic acids is 1. The average Bonchev–Trinajstić information content (AvgIpc) is 2.07. The highest BCUT2D eigenvalue weighted by Crippen LogP contribution is 2.24. The van der Waals surface area contributed by atoms with E-state index in [9.17, 15) is 4.79 Å². The molecular formula is C11H15NOS. The maximum Gasteiger partial charge on any atom is 0.218 e. The van der Waals surface area contributed by atoms with Gasteiger partial charge in [-0.15, -0.1) is 11.8 Å². The molecule has 1 aromatic carbocycles. The van der Waals surface area contributed by atoms with Crippen molar-refractivity contribution in [2.75, 3.05) is 0 Å². The Morgan fingerprint density at radius 3 is 2.50 bits per heavy atom. The molecule has 1 amide bonds. The number of amides is 1. The Morgan fingerprint density at radius 2 is 2.00 bits per heavy atom. The third-order valence-electron chi connectivity index (χ3n) is 1.85. The first-order valence-electron chi connectivity index (χ1n) is 4.59. The highest BCUT2D eigenvalue weighted by molar-refractivity contribution is 8.00. The highest BCUT2D eigenvalue weighted by atomic mass is 32.2. The Hall–Kier alpha value is -0.960. The second-order valence-electron chi connectivity index (χ2n) is 3.41. The summed E-state index contributed by atoms with van der Waals surface area (Å²) in [7, 11) is 0. The van der Waals surface area contributed by atoms with E-state index in [2.05, 4.69) is 31.2 Å². The molecule has 0 heterocycles. The molecule has 0 aliphatic heterocycles. The van der Waals surface area contributed by atoms with Crippen molar-refractivity contribution in [3.8, 4) is 0 Å². The molecule has 0 spiro atoms. The SMILES string of the molecule is Cc1ccc(SC(C)CC(N)=O)cc1. The molecule has 1 atom stereocenters. The van der Waals surface area contributed by atoms with Gasteiger partial charge in [-0.1, -0.05) is 24.6 Å². The Bertz CT molecular complexity index is 308. The van der Waals surface area contributed by atoms with Gasteiger partial charge in [0.2, 0.25) is 5.91 Å². The fraction of sp³-hybridized carbons (Fsp3) is 0.364. The molecule has 0 saturated carbocycles. The Labute approximate surface area is 88.9 Å². The summed E-state index contributed by atoms with van der Waals surface area (Å²) >= 11 is 1.68. The first kappa shape index (κ1) is 11.1. The average molecular weight is 209 g/mol. The highest BCUT2D eigenvalue weighted by Gasteiger charge is 2.07. The van der Waals surface area contributed by atoms with E-state index in [1.54, 1.807) is 11.8 Å². The van der Waals surface area contributed by atoms with Crippen LogP contribution in [0.15, 0.2) is 29.2 Å². The number of aryl methyl sites for hydroxylation is 1. The van der Waals surface area contributed by atoms with Crippen LogP contribution in [0.25, 0.3) is 0 Å². The Morgan fingerprint density at radius 1 is 1.43 bits per heavy atom. The molecule has 0 aliphatic rings. The lowest BCUT2D eigenvalue weighted by Crippen LogP contribution is -2.15. The summed E-state index contributed by atoms with van der Waals surface area (Å²) in [6, 6.07) is 8.27. The fourth-order valence-electron chi connectivity index (χ4n) is 1.17. The van der Waals surface area contributed by atoms with E-state index in [1.807, 2.05) is 6.92 Å². The predicted molar refractivity (Wildman–Crippen MR) is 60.3 cm³/mol. The molecule has 2 nitrogen and oxygen atoms in total. The normalized spacial score (nSPS) is 12.4. The molecule has 0 bridgehead atoms. The van der Waals surface area contributed by atoms with Gasteiger partial charge < -0.3 is 5.73 Å². The van der Waals surface area contributed by atoms with E-state index in [-0.39, 0.29) is 11.2 Å². The lowest BCUT2D eigenvalue weighted by molar-refractivity contribution is -0.117. The van der Waals surface area contributed by atoms with Gasteiger partial charge in [0.05, 0.1) is 0 Å². The zero-order valence-corrected chi connectivity index (χ0v) is 9.30. The standard InChI is InChI=1S/C11H15NOS/c1-8-3-5-10(6-4-8)14-9(2)7-11(12)13/h3-6,9H,7H2,1-2H3,(H2,12,13). The summed E-state index contributed by atoms with van der Waals surface area (Å²) < 4.78 is 0. The maximum atomic E-state index is 10.7. The van der Waals surface area contributed by atoms with Crippen molar-refractivity contribution >= 4 is 17.7 Å². The van der Waals surface area contributed by atoms with Crippen molar-refractivity contribution in [1.82, 2.24) is 0 Å². The number of thioether (sulfide) groups is 1. The minimum atomic E-state index is -0.239. The third kappa shape index (κ3) is 3.83. The lowest BCUT2D eigenvalue weighted by Gasteiger charge is -2.08. The molecule has 76 valence electrons. The van der Waals surface area contributed by atoms with Crippen LogP contribution >= 0.6 is 11.8 Å². The number of hydrogen-bond acceptors (Lipinski definition) is 2. The summed E-state index contributed by atoms with van der Waals surface area (Å²) in [6.07, 6.45) is 0.429. The van der Waals surface area contributed by atoms with Crippen molar-refractivity contribution < 1.29 is 4.79 Å². The zero-order chi connectivity index (χ0) is 10.6. The second-order valence-corrected chi connectivity index (χ2v) is 4.92. The topological polar surface area (TPSA) is 43.1 Å². The van der Waals surface area contributed by atoms with E-state index in [0.29, 0.717) is 6.42 Å². The predicted octanol–water partition coefficient (Wildman–Crippen LogP) is 2.35. The van der Waals surface area contributed by atoms with Gasteiger partial charge in [0.1, 0.15) is 0 Å². The minimum Gasteiger partial charge on any atom is -0.370 e. The molecule has 0 fully saturated rings. The number of nitrogens with two attached hydrogens (primary N) is 1. The van der Waals surface area contributed by atoms with Crippen LogP contribution in [0, 0.1) is 6.92 Å². The quantitative estimate of drug-likeness (QED) is 0.773. The monoisotopic (exact) mass is 209 g/mol. The van der Waals surface area contributed by atoms with Gasteiger partial charge in [0, 0.05) is 16.6 Å². The van der Waals surface area contributed by atoms with Crippen molar-refractivity contribution in [1.29, 1.82) is 0 Å². The van der Waals surface area contributed by atoms with Crippen LogP contribution in [0.5, 0.6) is 0 Å². The van der Waals surface area contributed by atoms with Gasteiger partial charge >= 0.3 is 0 Å². The van der Waals surface area contributed by atoms with Gasteiger partial charge in [0.25, 0.3) is 0 Å². The third-order valence-corrected chi connectivity index (χ3v) is 2.96. The van der Waals surface area contributed by atoms with Gasteiger partial charge in [-0.05, 0) is 19.1 Å². The Balaban J connectivity index is 2.51. The van der Waals surface area contributed by atoms with Crippen LogP contribution < -0.4 is 5.73 Å². The summed E-state index contributed by atoms with van der Waals surface area (Å²) in [5, 5.41) is 0.246. The van der Waals surface area contributed by atoms with Crippen molar-refractivity contribution in [3.63, 3.8) is 0 Å². The van der Waals surface area contributed by atoms with Gasteiger partial charge in [-0.25, -0.2) is 0 Å². The van der Waals surface area contributed by atoms with Crippen LogP contribution in [-0.2, 0) is 4.79 Å². The molecule has 0 saturated heterocycles. The first-order chi connectivity index (χ1) is 6.58. The van der Waals surface area contributed by atoms with Gasteiger partial charge in [-0.2, -0.15) is 0 Å². The summed E-state index contributed by atoms with van der Waals surface area (Å²) in [4.78, 5) is 11.8. The largest absolute Gasteiger partial charge is 0.370 e. The molecule has 0 radical (unpaired) electrons. The van der Waals surface area contributed by atoms with Crippen molar-refractivity contribution in [2.45, 2.75) is 30.4 Å². The van der Waals surface area contributed by atoms with E-state index in [4.69, 9.17) is 5.73 Å². The number of carbonyl (C=O) groups is 1. The van der Waals surface area contributed by atoms with Gasteiger partial charge in [-0.3, -0.25) is 4.79 Å². The van der Waals surface area contributed by atoms with Crippen LogP contribution in [0.4, 0.5) is 0 Å². The molecule has 3 heteroatoms. The molecular weight excluding hydrogens is 194 g/mol. The number of benzene rings is 1. The molecule has 1 unspecified atom stereocenters. The van der Waals surface area contributed by atoms with E-state index < -0.39 is 0 Å². The van der Waals surface area contributed by atoms with Crippen LogP contribution in [0.1, 0.15) is 18.9 Å². The molecule has 1 aromatic rings. The van der Waals surface area contributed by atoms with E-state index in [0.717, 1.165) is 0 Å². The zero-order valence-electron chi connectivity index (χ0n) is 8.49. The molecule has 0 aromatic heterocycles. The Kier molecular flexibility index (Phi) is 4.01.